The van der Waals surface area contributed by atoms with E-state index < -0.39 is 6.62 Å². The van der Waals surface area contributed by atoms with E-state index in [0.29, 0.717) is 0 Å². The zero-order valence-corrected chi connectivity index (χ0v) is 5.37. The molecule has 0 unspecified atom stereocenters. The molecular formula is C3H3ClN2P+. The van der Waals surface area contributed by atoms with Crippen LogP contribution in [0, 0.1) is 22.1 Å². The normalized spacial score (nSPS) is 9.14. The van der Waals surface area contributed by atoms with Crippen LogP contribution in [0.25, 0.3) is 0 Å². The minimum Gasteiger partial charge on any atom is -0.149 e. The Morgan fingerprint density at radius 2 is 1.71 bits per heavy atom. The second kappa shape index (κ2) is 2.12. The first-order valence-corrected chi connectivity index (χ1v) is 4.65. The average molecular weight is 133 g/mol. The van der Waals surface area contributed by atoms with Crippen molar-refractivity contribution in [2.45, 2.75) is 0 Å². The Morgan fingerprint density at radius 1 is 1.43 bits per heavy atom. The van der Waals surface area contributed by atoms with Gasteiger partial charge in [0.2, 0.25) is 0 Å². The van der Waals surface area contributed by atoms with Gasteiger partial charge in [-0.2, -0.15) is 0 Å². The van der Waals surface area contributed by atoms with Crippen molar-refractivity contribution in [3.63, 3.8) is 0 Å². The van der Waals surface area contributed by atoms with E-state index in [1.54, 1.807) is 11.6 Å². The fraction of sp³-hybridized carbons (Fsp3) is 0.333. The van der Waals surface area contributed by atoms with Crippen LogP contribution in [0.3, 0.4) is 0 Å². The summed E-state index contributed by atoms with van der Waals surface area (Å²) in [6.45, 7) is -0.868. The van der Waals surface area contributed by atoms with Crippen LogP contribution in [0.4, 0.5) is 0 Å². The summed E-state index contributed by atoms with van der Waals surface area (Å²) in [7, 11) is 0. The van der Waals surface area contributed by atoms with Crippen molar-refractivity contribution in [2.75, 3.05) is 6.66 Å². The lowest BCUT2D eigenvalue weighted by molar-refractivity contribution is 1.55. The van der Waals surface area contributed by atoms with Gasteiger partial charge in [-0.05, 0) is 0 Å². The van der Waals surface area contributed by atoms with Gasteiger partial charge < -0.3 is 0 Å². The molecule has 0 saturated heterocycles. The molecule has 0 aromatic heterocycles. The summed E-state index contributed by atoms with van der Waals surface area (Å²) in [5.41, 5.74) is 0. The van der Waals surface area contributed by atoms with Gasteiger partial charge in [-0.25, -0.2) is 0 Å². The summed E-state index contributed by atoms with van der Waals surface area (Å²) in [6.07, 6.45) is 0. The molecule has 0 bridgehead atoms. The molecule has 0 aliphatic rings. The third kappa shape index (κ3) is 2.40. The molecule has 0 N–H and O–H groups in total. The molecule has 0 radical (unpaired) electrons. The second-order valence-corrected chi connectivity index (χ2v) is 5.32. The Hall–Kier alpha value is -0.300. The van der Waals surface area contributed by atoms with Gasteiger partial charge in [-0.3, -0.25) is 0 Å². The standard InChI is InChI=1S/C3H3ClN2P/c1-7(4,2-5)3-6/h1H3/q+1. The minimum atomic E-state index is -2.32. The molecule has 0 aromatic carbocycles. The molecule has 0 aromatic rings. The summed E-state index contributed by atoms with van der Waals surface area (Å²) in [5, 5.41) is 16.1. The summed E-state index contributed by atoms with van der Waals surface area (Å²) < 4.78 is 0. The summed E-state index contributed by atoms with van der Waals surface area (Å²) in [4.78, 5) is 0. The molecule has 0 rings (SSSR count). The maximum Gasteiger partial charge on any atom is 0.319 e. The van der Waals surface area contributed by atoms with Crippen LogP contribution in [0.5, 0.6) is 0 Å². The number of nitriles is 2. The third-order valence-corrected chi connectivity index (χ3v) is 1.58. The van der Waals surface area contributed by atoms with Crippen molar-refractivity contribution in [3.05, 3.63) is 0 Å². The van der Waals surface area contributed by atoms with E-state index in [0.717, 1.165) is 0 Å². The van der Waals surface area contributed by atoms with Crippen LogP contribution in [0.15, 0.2) is 0 Å². The fourth-order valence-corrected chi connectivity index (χ4v) is 0.0671. The third-order valence-electron chi connectivity index (χ3n) is 0.376. The quantitative estimate of drug-likeness (QED) is 0.473. The van der Waals surface area contributed by atoms with Crippen molar-refractivity contribution in [3.8, 4) is 11.6 Å². The van der Waals surface area contributed by atoms with Crippen LogP contribution in [-0.4, -0.2) is 6.66 Å². The first-order valence-electron chi connectivity index (χ1n) is 1.51. The highest BCUT2D eigenvalue weighted by Crippen LogP contribution is 2.57. The Morgan fingerprint density at radius 3 is 1.71 bits per heavy atom. The van der Waals surface area contributed by atoms with Crippen LogP contribution in [0.1, 0.15) is 0 Å². The maximum atomic E-state index is 8.04. The lowest BCUT2D eigenvalue weighted by Crippen LogP contribution is -1.64. The predicted molar refractivity (Wildman–Crippen MR) is 29.9 cm³/mol. The number of hydrogen-bond acceptors (Lipinski definition) is 2. The molecule has 2 nitrogen and oxygen atoms in total. The van der Waals surface area contributed by atoms with Crippen LogP contribution < -0.4 is 0 Å². The minimum absolute atomic E-state index is 1.45. The van der Waals surface area contributed by atoms with E-state index >= 15 is 0 Å². The summed E-state index contributed by atoms with van der Waals surface area (Å²) in [6, 6.07) is 0. The van der Waals surface area contributed by atoms with Crippen LogP contribution >= 0.6 is 17.9 Å². The van der Waals surface area contributed by atoms with E-state index in [1.165, 1.54) is 6.66 Å². The first kappa shape index (κ1) is 6.70. The summed E-state index contributed by atoms with van der Waals surface area (Å²) in [5.74, 6) is 3.41. The zero-order chi connectivity index (χ0) is 5.91. The van der Waals surface area contributed by atoms with E-state index in [-0.39, 0.29) is 0 Å². The highest BCUT2D eigenvalue weighted by molar-refractivity contribution is 8.05. The van der Waals surface area contributed by atoms with Crippen molar-refractivity contribution in [1.82, 2.24) is 0 Å². The molecule has 0 heterocycles. The molecular weight excluding hydrogens is 130 g/mol. The molecule has 0 atom stereocenters. The summed E-state index contributed by atoms with van der Waals surface area (Å²) >= 11 is 5.29. The Labute approximate surface area is 47.4 Å². The van der Waals surface area contributed by atoms with Gasteiger partial charge in [-0.1, -0.05) is 0 Å². The van der Waals surface area contributed by atoms with E-state index in [4.69, 9.17) is 21.8 Å². The molecule has 0 amide bonds. The SMILES string of the molecule is C[P+](Cl)(C#N)C#N. The molecule has 0 spiro atoms. The zero-order valence-electron chi connectivity index (χ0n) is 3.72. The monoisotopic (exact) mass is 133 g/mol. The number of halogens is 1. The Bertz CT molecular complexity index is 124. The van der Waals surface area contributed by atoms with Crippen molar-refractivity contribution in [1.29, 1.82) is 10.5 Å². The number of rotatable bonds is 0. The van der Waals surface area contributed by atoms with Gasteiger partial charge in [-0.15, -0.1) is 10.5 Å². The topological polar surface area (TPSA) is 47.6 Å². The largest absolute Gasteiger partial charge is 0.319 e. The molecule has 0 fully saturated rings. The molecule has 36 valence electrons. The number of hydrogen-bond donors (Lipinski definition) is 0. The van der Waals surface area contributed by atoms with E-state index in [9.17, 15) is 0 Å². The highest BCUT2D eigenvalue weighted by atomic mass is 35.7. The second-order valence-electron chi connectivity index (χ2n) is 1.10. The van der Waals surface area contributed by atoms with Crippen LogP contribution in [0.2, 0.25) is 0 Å². The Balaban J connectivity index is 4.00. The van der Waals surface area contributed by atoms with E-state index in [1.807, 2.05) is 0 Å². The predicted octanol–water partition coefficient (Wildman–Crippen LogP) is 1.75. The first-order chi connectivity index (χ1) is 3.12. The molecule has 0 aliphatic carbocycles. The van der Waals surface area contributed by atoms with Gasteiger partial charge in [0.1, 0.15) is 11.2 Å². The average Bonchev–Trinajstić information content (AvgIpc) is 1.68. The van der Waals surface area contributed by atoms with Crippen molar-refractivity contribution >= 4 is 17.9 Å². The van der Waals surface area contributed by atoms with Gasteiger partial charge >= 0.3 is 6.62 Å². The fourth-order valence-electron chi connectivity index (χ4n) is 0.0224. The molecule has 4 heteroatoms. The molecule has 0 aliphatic heterocycles. The van der Waals surface area contributed by atoms with E-state index in [2.05, 4.69) is 0 Å². The van der Waals surface area contributed by atoms with Crippen molar-refractivity contribution in [2.24, 2.45) is 0 Å². The van der Waals surface area contributed by atoms with Gasteiger partial charge in [0.05, 0.1) is 6.66 Å². The smallest absolute Gasteiger partial charge is 0.149 e. The van der Waals surface area contributed by atoms with Gasteiger partial charge in [0.15, 0.2) is 0 Å². The molecule has 0 saturated carbocycles. The van der Waals surface area contributed by atoms with Crippen LogP contribution in [-0.2, 0) is 0 Å². The highest BCUT2D eigenvalue weighted by Gasteiger charge is 2.30. The van der Waals surface area contributed by atoms with Crippen molar-refractivity contribution < 1.29 is 0 Å². The Kier molecular flexibility index (Phi) is 2.03. The maximum absolute atomic E-state index is 8.04. The molecule has 7 heavy (non-hydrogen) atoms. The lowest BCUT2D eigenvalue weighted by atomic mass is 11.7. The lowest BCUT2D eigenvalue weighted by Gasteiger charge is -1.80. The van der Waals surface area contributed by atoms with Gasteiger partial charge in [0.25, 0.3) is 11.6 Å². The number of nitrogens with zero attached hydrogens (tertiary/aromatic N) is 2. The van der Waals surface area contributed by atoms with Gasteiger partial charge in [0, 0.05) is 0 Å².